The summed E-state index contributed by atoms with van der Waals surface area (Å²) in [5.74, 6) is 0.894. The van der Waals surface area contributed by atoms with Gasteiger partial charge in [-0.05, 0) is 43.2 Å². The van der Waals surface area contributed by atoms with Crippen molar-refractivity contribution in [1.29, 1.82) is 0 Å². The minimum Gasteiger partial charge on any atom is -0.494 e. The summed E-state index contributed by atoms with van der Waals surface area (Å²) >= 11 is 8.29. The van der Waals surface area contributed by atoms with E-state index in [0.29, 0.717) is 6.61 Å². The van der Waals surface area contributed by atoms with Gasteiger partial charge in [-0.1, -0.05) is 19.1 Å². The van der Waals surface area contributed by atoms with Gasteiger partial charge in [0.2, 0.25) is 0 Å². The van der Waals surface area contributed by atoms with E-state index in [9.17, 15) is 0 Å². The Morgan fingerprint density at radius 1 is 1.11 bits per heavy atom. The summed E-state index contributed by atoms with van der Waals surface area (Å²) < 4.78 is 5.43. The summed E-state index contributed by atoms with van der Waals surface area (Å²) in [6, 6.07) is 12.3. The van der Waals surface area contributed by atoms with E-state index in [1.54, 1.807) is 11.3 Å². The second-order valence-electron chi connectivity index (χ2n) is 4.02. The van der Waals surface area contributed by atoms with Gasteiger partial charge in [0.1, 0.15) is 5.75 Å². The first kappa shape index (κ1) is 13.4. The number of hydrogen-bond donors (Lipinski definition) is 0. The number of benzene rings is 1. The molecule has 1 unspecified atom stereocenters. The van der Waals surface area contributed by atoms with Crippen molar-refractivity contribution in [2.45, 2.75) is 25.6 Å². The molecule has 0 saturated carbocycles. The Kier molecular flexibility index (Phi) is 4.67. The quantitative estimate of drug-likeness (QED) is 0.698. The van der Waals surface area contributed by atoms with Crippen molar-refractivity contribution >= 4 is 22.9 Å². The number of hydrogen-bond acceptors (Lipinski definition) is 2. The summed E-state index contributed by atoms with van der Waals surface area (Å²) in [6.45, 7) is 4.83. The van der Waals surface area contributed by atoms with Crippen LogP contribution in [0.5, 0.6) is 5.75 Å². The summed E-state index contributed by atoms with van der Waals surface area (Å²) in [5, 5.41) is -0.0639. The van der Waals surface area contributed by atoms with E-state index in [1.165, 1.54) is 9.75 Å². The smallest absolute Gasteiger partial charge is 0.119 e. The van der Waals surface area contributed by atoms with E-state index in [0.717, 1.165) is 17.7 Å². The van der Waals surface area contributed by atoms with Crippen LogP contribution < -0.4 is 4.74 Å². The van der Waals surface area contributed by atoms with Crippen molar-refractivity contribution < 1.29 is 4.74 Å². The van der Waals surface area contributed by atoms with E-state index in [2.05, 4.69) is 19.1 Å². The molecule has 1 atom stereocenters. The van der Waals surface area contributed by atoms with E-state index in [1.807, 2.05) is 31.2 Å². The Balaban J connectivity index is 2.14. The molecule has 2 rings (SSSR count). The van der Waals surface area contributed by atoms with Crippen molar-refractivity contribution in [2.24, 2.45) is 0 Å². The summed E-state index contributed by atoms with van der Waals surface area (Å²) in [5.41, 5.74) is 1.12. The number of halogens is 1. The van der Waals surface area contributed by atoms with E-state index in [-0.39, 0.29) is 5.38 Å². The zero-order valence-electron chi connectivity index (χ0n) is 10.7. The predicted molar refractivity (Wildman–Crippen MR) is 79.0 cm³/mol. The Bertz CT molecular complexity index is 489. The standard InChI is InChI=1S/C15H17ClOS/c1-3-13-9-10-14(18-13)15(16)11-5-7-12(8-6-11)17-4-2/h5-10,15H,3-4H2,1-2H3. The van der Waals surface area contributed by atoms with Gasteiger partial charge in [0, 0.05) is 9.75 Å². The molecule has 96 valence electrons. The van der Waals surface area contributed by atoms with Gasteiger partial charge < -0.3 is 4.74 Å². The molecule has 0 aliphatic carbocycles. The van der Waals surface area contributed by atoms with Crippen LogP contribution in [0.15, 0.2) is 36.4 Å². The van der Waals surface area contributed by atoms with Gasteiger partial charge in [-0.2, -0.15) is 0 Å². The molecule has 1 heterocycles. The van der Waals surface area contributed by atoms with Crippen LogP contribution in [0, 0.1) is 0 Å². The lowest BCUT2D eigenvalue weighted by Gasteiger charge is -2.09. The molecular formula is C15H17ClOS. The lowest BCUT2D eigenvalue weighted by molar-refractivity contribution is 0.340. The summed E-state index contributed by atoms with van der Waals surface area (Å²) in [6.07, 6.45) is 1.07. The fourth-order valence-electron chi connectivity index (χ4n) is 1.78. The molecule has 0 aliphatic heterocycles. The molecule has 0 fully saturated rings. The zero-order chi connectivity index (χ0) is 13.0. The van der Waals surface area contributed by atoms with Crippen LogP contribution in [0.3, 0.4) is 0 Å². The van der Waals surface area contributed by atoms with E-state index >= 15 is 0 Å². The first-order valence-corrected chi connectivity index (χ1v) is 7.45. The van der Waals surface area contributed by atoms with Gasteiger partial charge in [-0.15, -0.1) is 22.9 Å². The Morgan fingerprint density at radius 2 is 1.83 bits per heavy atom. The zero-order valence-corrected chi connectivity index (χ0v) is 12.2. The summed E-state index contributed by atoms with van der Waals surface area (Å²) in [4.78, 5) is 2.58. The largest absolute Gasteiger partial charge is 0.494 e. The molecule has 0 bridgehead atoms. The van der Waals surface area contributed by atoms with Gasteiger partial charge in [-0.25, -0.2) is 0 Å². The molecular weight excluding hydrogens is 264 g/mol. The van der Waals surface area contributed by atoms with Crippen molar-refractivity contribution in [3.8, 4) is 5.75 Å². The van der Waals surface area contributed by atoms with E-state index in [4.69, 9.17) is 16.3 Å². The van der Waals surface area contributed by atoms with Gasteiger partial charge in [-0.3, -0.25) is 0 Å². The average molecular weight is 281 g/mol. The Morgan fingerprint density at radius 3 is 2.39 bits per heavy atom. The van der Waals surface area contributed by atoms with Crippen LogP contribution in [-0.2, 0) is 6.42 Å². The lowest BCUT2D eigenvalue weighted by Crippen LogP contribution is -1.93. The highest BCUT2D eigenvalue weighted by molar-refractivity contribution is 7.12. The summed E-state index contributed by atoms with van der Waals surface area (Å²) in [7, 11) is 0. The number of ether oxygens (including phenoxy) is 1. The maximum Gasteiger partial charge on any atom is 0.119 e. The van der Waals surface area contributed by atoms with Crippen molar-refractivity contribution in [1.82, 2.24) is 0 Å². The molecule has 0 N–H and O–H groups in total. The topological polar surface area (TPSA) is 9.23 Å². The van der Waals surface area contributed by atoms with Crippen LogP contribution in [0.2, 0.25) is 0 Å². The van der Waals surface area contributed by atoms with Gasteiger partial charge in [0.05, 0.1) is 12.0 Å². The van der Waals surface area contributed by atoms with Crippen LogP contribution in [0.1, 0.15) is 34.5 Å². The molecule has 0 amide bonds. The maximum atomic E-state index is 6.50. The lowest BCUT2D eigenvalue weighted by atomic mass is 10.1. The monoisotopic (exact) mass is 280 g/mol. The molecule has 0 spiro atoms. The van der Waals surface area contributed by atoms with Crippen LogP contribution in [-0.4, -0.2) is 6.61 Å². The first-order valence-electron chi connectivity index (χ1n) is 6.20. The number of alkyl halides is 1. The Labute approximate surface area is 117 Å². The van der Waals surface area contributed by atoms with Crippen molar-refractivity contribution in [2.75, 3.05) is 6.61 Å². The second-order valence-corrected chi connectivity index (χ2v) is 5.66. The second kappa shape index (κ2) is 6.26. The highest BCUT2D eigenvalue weighted by Gasteiger charge is 2.13. The molecule has 1 aromatic carbocycles. The molecule has 1 aromatic heterocycles. The highest BCUT2D eigenvalue weighted by atomic mass is 35.5. The van der Waals surface area contributed by atoms with Crippen molar-refractivity contribution in [3.05, 3.63) is 51.7 Å². The molecule has 0 aliphatic rings. The number of rotatable bonds is 5. The minimum atomic E-state index is -0.0639. The molecule has 3 heteroatoms. The Hall–Kier alpha value is -0.990. The van der Waals surface area contributed by atoms with Crippen LogP contribution >= 0.6 is 22.9 Å². The van der Waals surface area contributed by atoms with E-state index < -0.39 is 0 Å². The maximum absolute atomic E-state index is 6.50. The third-order valence-corrected chi connectivity index (χ3v) is 4.68. The number of thiophene rings is 1. The predicted octanol–water partition coefficient (Wildman–Crippen LogP) is 5.04. The fraction of sp³-hybridized carbons (Fsp3) is 0.333. The van der Waals surface area contributed by atoms with Crippen molar-refractivity contribution in [3.63, 3.8) is 0 Å². The third kappa shape index (κ3) is 3.06. The molecule has 1 nitrogen and oxygen atoms in total. The third-order valence-electron chi connectivity index (χ3n) is 2.76. The van der Waals surface area contributed by atoms with Crippen LogP contribution in [0.4, 0.5) is 0 Å². The first-order chi connectivity index (χ1) is 8.74. The molecule has 0 saturated heterocycles. The molecule has 0 radical (unpaired) electrons. The SMILES string of the molecule is CCOc1ccc(C(Cl)c2ccc(CC)s2)cc1. The highest BCUT2D eigenvalue weighted by Crippen LogP contribution is 2.34. The normalized spacial score (nSPS) is 12.4. The minimum absolute atomic E-state index is 0.0639. The van der Waals surface area contributed by atoms with Gasteiger partial charge in [0.25, 0.3) is 0 Å². The van der Waals surface area contributed by atoms with Gasteiger partial charge >= 0.3 is 0 Å². The fourth-order valence-corrected chi connectivity index (χ4v) is 3.10. The van der Waals surface area contributed by atoms with Crippen LogP contribution in [0.25, 0.3) is 0 Å². The average Bonchev–Trinajstić information content (AvgIpc) is 2.88. The number of aryl methyl sites for hydroxylation is 1. The molecule has 2 aromatic rings. The molecule has 18 heavy (non-hydrogen) atoms. The van der Waals surface area contributed by atoms with Gasteiger partial charge in [0.15, 0.2) is 0 Å².